The Morgan fingerprint density at radius 3 is 2.07 bits per heavy atom. The number of aliphatic hydroxyl groups is 1. The lowest BCUT2D eigenvalue weighted by molar-refractivity contribution is -0.133. The van der Waals surface area contributed by atoms with Crippen molar-refractivity contribution in [3.8, 4) is 0 Å². The van der Waals surface area contributed by atoms with Gasteiger partial charge in [-0.25, -0.2) is 0 Å². The van der Waals surface area contributed by atoms with E-state index in [9.17, 15) is 14.7 Å². The molecule has 2 amide bonds. The van der Waals surface area contributed by atoms with Gasteiger partial charge in [0.2, 0.25) is 11.8 Å². The lowest BCUT2D eigenvalue weighted by Crippen LogP contribution is -2.59. The maximum atomic E-state index is 14.1. The van der Waals surface area contributed by atoms with E-state index in [0.29, 0.717) is 19.4 Å². The molecule has 5 atom stereocenters. The normalized spacial score (nSPS) is 22.8. The van der Waals surface area contributed by atoms with Crippen molar-refractivity contribution in [3.05, 3.63) is 35.4 Å². The van der Waals surface area contributed by atoms with Crippen LogP contribution in [0.25, 0.3) is 0 Å². The van der Waals surface area contributed by atoms with Crippen LogP contribution in [-0.2, 0) is 36.0 Å². The van der Waals surface area contributed by atoms with Gasteiger partial charge in [-0.05, 0) is 79.0 Å². The molecule has 0 radical (unpaired) electrons. The fourth-order valence-corrected chi connectivity index (χ4v) is 7.33. The van der Waals surface area contributed by atoms with Crippen LogP contribution in [0.5, 0.6) is 0 Å². The summed E-state index contributed by atoms with van der Waals surface area (Å²) in [4.78, 5) is 27.7. The largest absolute Gasteiger partial charge is 0.414 e. The van der Waals surface area contributed by atoms with E-state index in [1.165, 1.54) is 11.1 Å². The maximum Gasteiger partial charge on any atom is 0.245 e. The standard InChI is InChI=1S/C35H62N2O6Si2/c1-24(2)19-28(30(38)35(22-41-35)23-43-45(11,12)34(6,7)8)36-32(40)29(21-42-44(9,10)33(3,4)5)37-31(39)27-18-17-25-15-13-14-16-26(25)20-27/h13-16,24,27-30,38H,17-23H2,1-12H3,(H,36,40)(H,37,39)/t27?,28-,29-,30-,35?/m0/s1. The van der Waals surface area contributed by atoms with Gasteiger partial charge in [0.25, 0.3) is 0 Å². The molecule has 8 nitrogen and oxygen atoms in total. The van der Waals surface area contributed by atoms with Gasteiger partial charge in [0.1, 0.15) is 17.7 Å². The van der Waals surface area contributed by atoms with Crippen molar-refractivity contribution in [3.63, 3.8) is 0 Å². The van der Waals surface area contributed by atoms with Crippen LogP contribution in [-0.4, -0.2) is 77.2 Å². The van der Waals surface area contributed by atoms with Crippen LogP contribution in [0.4, 0.5) is 0 Å². The highest BCUT2D eigenvalue weighted by Crippen LogP contribution is 2.41. The molecule has 1 aromatic rings. The highest BCUT2D eigenvalue weighted by Gasteiger charge is 2.56. The second-order valence-electron chi connectivity index (χ2n) is 16.9. The first kappa shape index (κ1) is 37.9. The van der Waals surface area contributed by atoms with Crippen molar-refractivity contribution in [1.82, 2.24) is 10.6 Å². The molecule has 0 aromatic heterocycles. The highest BCUT2D eigenvalue weighted by atomic mass is 28.4. The minimum absolute atomic E-state index is 0.0234. The smallest absolute Gasteiger partial charge is 0.245 e. The van der Waals surface area contributed by atoms with Crippen molar-refractivity contribution in [2.45, 2.75) is 141 Å². The Morgan fingerprint density at radius 2 is 1.53 bits per heavy atom. The second kappa shape index (κ2) is 14.3. The molecule has 0 spiro atoms. The Balaban J connectivity index is 1.79. The van der Waals surface area contributed by atoms with Crippen LogP contribution in [0.1, 0.15) is 79.4 Å². The quantitative estimate of drug-likeness (QED) is 0.167. The van der Waals surface area contributed by atoms with E-state index in [0.717, 1.165) is 12.8 Å². The van der Waals surface area contributed by atoms with Gasteiger partial charge < -0.3 is 29.3 Å². The Morgan fingerprint density at radius 1 is 0.978 bits per heavy atom. The number of nitrogens with one attached hydrogen (secondary N) is 2. The van der Waals surface area contributed by atoms with Crippen LogP contribution in [0.3, 0.4) is 0 Å². The summed E-state index contributed by atoms with van der Waals surface area (Å²) in [6.45, 7) is 26.6. The monoisotopic (exact) mass is 662 g/mol. The van der Waals surface area contributed by atoms with Crippen LogP contribution in [0.15, 0.2) is 24.3 Å². The SMILES string of the molecule is CC(C)C[C@H](NC(=O)[C@H](CO[Si](C)(C)C(C)(C)C)NC(=O)C1CCc2ccccc2C1)[C@H](O)C1(CO[Si](C)(C)C(C)(C)C)CO1. The molecule has 2 aliphatic rings. The minimum atomic E-state index is -2.22. The molecule has 1 aliphatic carbocycles. The van der Waals surface area contributed by atoms with E-state index < -0.39 is 40.4 Å². The molecule has 10 heteroatoms. The number of rotatable bonds is 14. The lowest BCUT2D eigenvalue weighted by atomic mass is 9.83. The van der Waals surface area contributed by atoms with Crippen molar-refractivity contribution in [2.24, 2.45) is 11.8 Å². The van der Waals surface area contributed by atoms with Crippen molar-refractivity contribution < 1.29 is 28.3 Å². The molecule has 45 heavy (non-hydrogen) atoms. The third kappa shape index (κ3) is 9.73. The number of ether oxygens (including phenoxy) is 1. The molecular formula is C35H62N2O6Si2. The van der Waals surface area contributed by atoms with Gasteiger partial charge in [-0.3, -0.25) is 9.59 Å². The van der Waals surface area contributed by atoms with Gasteiger partial charge in [0, 0.05) is 5.92 Å². The first-order chi connectivity index (χ1) is 20.6. The molecule has 3 rings (SSSR count). The summed E-state index contributed by atoms with van der Waals surface area (Å²) in [5, 5.41) is 17.9. The van der Waals surface area contributed by atoms with Gasteiger partial charge in [0.05, 0.1) is 25.9 Å². The Kier molecular flexibility index (Phi) is 12.0. The van der Waals surface area contributed by atoms with Crippen molar-refractivity contribution >= 4 is 28.4 Å². The van der Waals surface area contributed by atoms with Gasteiger partial charge in [-0.2, -0.15) is 0 Å². The fourth-order valence-electron chi connectivity index (χ4n) is 5.28. The van der Waals surface area contributed by atoms with E-state index in [4.69, 9.17) is 13.6 Å². The average Bonchev–Trinajstić information content (AvgIpc) is 3.72. The number of aliphatic hydroxyl groups excluding tert-OH is 1. The van der Waals surface area contributed by atoms with E-state index in [1.54, 1.807) is 0 Å². The molecule has 0 bridgehead atoms. The van der Waals surface area contributed by atoms with Crippen molar-refractivity contribution in [1.29, 1.82) is 0 Å². The summed E-state index contributed by atoms with van der Waals surface area (Å²) >= 11 is 0. The fraction of sp³-hybridized carbons (Fsp3) is 0.771. The minimum Gasteiger partial charge on any atom is -0.414 e. The zero-order valence-corrected chi connectivity index (χ0v) is 32.1. The summed E-state index contributed by atoms with van der Waals surface area (Å²) in [7, 11) is -4.29. The molecule has 1 aliphatic heterocycles. The topological polar surface area (TPSA) is 109 Å². The average molecular weight is 663 g/mol. The number of aryl methyl sites for hydroxylation is 1. The summed E-state index contributed by atoms with van der Waals surface area (Å²) in [6.07, 6.45) is 1.83. The maximum absolute atomic E-state index is 14.1. The Labute approximate surface area is 275 Å². The number of carbonyl (C=O) groups excluding carboxylic acids is 2. The molecule has 0 saturated carbocycles. The highest BCUT2D eigenvalue weighted by molar-refractivity contribution is 6.74. The summed E-state index contributed by atoms with van der Waals surface area (Å²) in [5.41, 5.74) is 1.63. The van der Waals surface area contributed by atoms with E-state index in [2.05, 4.69) is 104 Å². The van der Waals surface area contributed by atoms with Crippen LogP contribution >= 0.6 is 0 Å². The van der Waals surface area contributed by atoms with E-state index in [-0.39, 0.29) is 46.9 Å². The van der Waals surface area contributed by atoms with Gasteiger partial charge >= 0.3 is 0 Å². The lowest BCUT2D eigenvalue weighted by Gasteiger charge is -2.39. The van der Waals surface area contributed by atoms with E-state index >= 15 is 0 Å². The number of benzene rings is 1. The number of amides is 2. The molecular weight excluding hydrogens is 601 g/mol. The Bertz CT molecular complexity index is 1170. The zero-order valence-electron chi connectivity index (χ0n) is 30.1. The number of fused-ring (bicyclic) bond motifs is 1. The number of epoxide rings is 1. The first-order valence-corrected chi connectivity index (χ1v) is 22.7. The molecule has 1 fully saturated rings. The van der Waals surface area contributed by atoms with Crippen LogP contribution in [0, 0.1) is 11.8 Å². The summed E-state index contributed by atoms with van der Waals surface area (Å²) < 4.78 is 18.8. The molecule has 1 heterocycles. The Hall–Kier alpha value is -1.57. The third-order valence-corrected chi connectivity index (χ3v) is 19.7. The zero-order chi connectivity index (χ0) is 34.0. The van der Waals surface area contributed by atoms with Crippen LogP contribution in [0.2, 0.25) is 36.3 Å². The van der Waals surface area contributed by atoms with Crippen LogP contribution < -0.4 is 10.6 Å². The summed E-state index contributed by atoms with van der Waals surface area (Å²) in [5.74, 6) is -0.477. The summed E-state index contributed by atoms with van der Waals surface area (Å²) in [6, 6.07) is 6.80. The molecule has 1 saturated heterocycles. The molecule has 3 N–H and O–H groups in total. The predicted octanol–water partition coefficient (Wildman–Crippen LogP) is 5.98. The molecule has 2 unspecified atom stereocenters. The molecule has 1 aromatic carbocycles. The number of carbonyl (C=O) groups is 2. The van der Waals surface area contributed by atoms with Crippen molar-refractivity contribution in [2.75, 3.05) is 19.8 Å². The number of hydrogen-bond donors (Lipinski definition) is 3. The van der Waals surface area contributed by atoms with Gasteiger partial charge in [0.15, 0.2) is 16.6 Å². The number of hydrogen-bond acceptors (Lipinski definition) is 6. The van der Waals surface area contributed by atoms with Gasteiger partial charge in [-0.1, -0.05) is 79.7 Å². The third-order valence-electron chi connectivity index (χ3n) is 10.7. The second-order valence-corrected chi connectivity index (χ2v) is 26.6. The van der Waals surface area contributed by atoms with E-state index in [1.807, 2.05) is 12.1 Å². The first-order valence-electron chi connectivity index (χ1n) is 16.9. The molecule has 256 valence electrons. The predicted molar refractivity (Wildman–Crippen MR) is 186 cm³/mol. The van der Waals surface area contributed by atoms with Gasteiger partial charge in [-0.15, -0.1) is 0 Å².